The van der Waals surface area contributed by atoms with Crippen LogP contribution >= 0.6 is 15.9 Å². The summed E-state index contributed by atoms with van der Waals surface area (Å²) in [6, 6.07) is 14.3. The van der Waals surface area contributed by atoms with E-state index in [1.165, 1.54) is 5.56 Å². The number of hydrogen-bond donors (Lipinski definition) is 1. The molecule has 0 atom stereocenters. The van der Waals surface area contributed by atoms with Crippen molar-refractivity contribution in [2.45, 2.75) is 12.8 Å². The second kappa shape index (κ2) is 8.72. The lowest BCUT2D eigenvalue weighted by Gasteiger charge is -2.07. The van der Waals surface area contributed by atoms with Gasteiger partial charge >= 0.3 is 0 Å². The summed E-state index contributed by atoms with van der Waals surface area (Å²) in [7, 11) is 0. The third-order valence-electron chi connectivity index (χ3n) is 2.90. The van der Waals surface area contributed by atoms with Crippen LogP contribution in [-0.4, -0.2) is 24.7 Å². The van der Waals surface area contributed by atoms with Gasteiger partial charge in [-0.05, 0) is 59.6 Å². The molecule has 0 aliphatic rings. The van der Waals surface area contributed by atoms with Gasteiger partial charge in [-0.1, -0.05) is 30.3 Å². The minimum atomic E-state index is 0.710. The van der Waals surface area contributed by atoms with Gasteiger partial charge in [0, 0.05) is 0 Å². The summed E-state index contributed by atoms with van der Waals surface area (Å²) in [4.78, 5) is 4.12. The first kappa shape index (κ1) is 15.0. The molecule has 0 fully saturated rings. The molecule has 0 aliphatic heterocycles. The van der Waals surface area contributed by atoms with Crippen molar-refractivity contribution in [3.8, 4) is 5.75 Å². The number of ether oxygens (including phenoxy) is 1. The number of halogens is 1. The fourth-order valence-corrected chi connectivity index (χ4v) is 2.07. The molecular weight excluding hydrogens is 316 g/mol. The molecule has 4 heteroatoms. The smallest absolute Gasteiger partial charge is 0.137 e. The minimum absolute atomic E-state index is 0.710. The van der Waals surface area contributed by atoms with E-state index < -0.39 is 0 Å². The summed E-state index contributed by atoms with van der Waals surface area (Å²) in [6.45, 7) is 2.68. The number of nitrogens with one attached hydrogen (secondary N) is 1. The Morgan fingerprint density at radius 2 is 1.90 bits per heavy atom. The normalized spacial score (nSPS) is 10.4. The van der Waals surface area contributed by atoms with Gasteiger partial charge in [0.25, 0.3) is 0 Å². The Hall–Kier alpha value is -1.39. The van der Waals surface area contributed by atoms with Crippen molar-refractivity contribution >= 4 is 15.9 Å². The summed E-state index contributed by atoms with van der Waals surface area (Å²) in [5, 5.41) is 3.43. The Balaban J connectivity index is 1.51. The van der Waals surface area contributed by atoms with Crippen molar-refractivity contribution in [2.75, 3.05) is 19.7 Å². The van der Waals surface area contributed by atoms with E-state index in [1.807, 2.05) is 18.2 Å². The van der Waals surface area contributed by atoms with Gasteiger partial charge in [0.15, 0.2) is 0 Å². The van der Waals surface area contributed by atoms with E-state index in [9.17, 15) is 0 Å². The second-order valence-electron chi connectivity index (χ2n) is 4.50. The topological polar surface area (TPSA) is 34.1 Å². The first-order chi connectivity index (χ1) is 9.84. The Morgan fingerprint density at radius 3 is 2.65 bits per heavy atom. The average Bonchev–Trinajstić information content (AvgIpc) is 2.49. The predicted molar refractivity (Wildman–Crippen MR) is 85.1 cm³/mol. The van der Waals surface area contributed by atoms with Crippen LogP contribution < -0.4 is 10.1 Å². The SMILES string of the molecule is Brc1ccc(OCCCNCCc2ccccc2)cn1. The van der Waals surface area contributed by atoms with Gasteiger partial charge in [-0.2, -0.15) is 0 Å². The maximum absolute atomic E-state index is 5.60. The van der Waals surface area contributed by atoms with Gasteiger partial charge in [-0.3, -0.25) is 0 Å². The lowest BCUT2D eigenvalue weighted by molar-refractivity contribution is 0.307. The van der Waals surface area contributed by atoms with Crippen LogP contribution in [0.25, 0.3) is 0 Å². The molecule has 0 spiro atoms. The van der Waals surface area contributed by atoms with Crippen LogP contribution in [0.2, 0.25) is 0 Å². The molecule has 2 rings (SSSR count). The number of nitrogens with zero attached hydrogens (tertiary/aromatic N) is 1. The summed E-state index contributed by atoms with van der Waals surface area (Å²) < 4.78 is 6.43. The fraction of sp³-hybridized carbons (Fsp3) is 0.312. The van der Waals surface area contributed by atoms with Crippen LogP contribution in [0.3, 0.4) is 0 Å². The van der Waals surface area contributed by atoms with Crippen LogP contribution in [0.4, 0.5) is 0 Å². The second-order valence-corrected chi connectivity index (χ2v) is 5.32. The Bertz CT molecular complexity index is 488. The molecule has 1 aromatic heterocycles. The molecule has 2 aromatic rings. The van der Waals surface area contributed by atoms with Crippen LogP contribution in [0, 0.1) is 0 Å². The van der Waals surface area contributed by atoms with Crippen molar-refractivity contribution in [1.29, 1.82) is 0 Å². The highest BCUT2D eigenvalue weighted by Crippen LogP contribution is 2.12. The molecule has 1 heterocycles. The maximum Gasteiger partial charge on any atom is 0.137 e. The third kappa shape index (κ3) is 5.72. The lowest BCUT2D eigenvalue weighted by Crippen LogP contribution is -2.20. The molecule has 0 aliphatic carbocycles. The molecule has 3 nitrogen and oxygen atoms in total. The third-order valence-corrected chi connectivity index (χ3v) is 3.37. The van der Waals surface area contributed by atoms with Gasteiger partial charge in [-0.25, -0.2) is 4.98 Å². The molecule has 1 N–H and O–H groups in total. The molecule has 0 amide bonds. The molecule has 0 saturated carbocycles. The molecular formula is C16H19BrN2O. The maximum atomic E-state index is 5.60. The first-order valence-electron chi connectivity index (χ1n) is 6.83. The largest absolute Gasteiger partial charge is 0.492 e. The number of aromatic nitrogens is 1. The van der Waals surface area contributed by atoms with Gasteiger partial charge in [0.1, 0.15) is 10.4 Å². The Kier molecular flexibility index (Phi) is 6.54. The summed E-state index contributed by atoms with van der Waals surface area (Å²) in [5.41, 5.74) is 1.37. The summed E-state index contributed by atoms with van der Waals surface area (Å²) >= 11 is 3.30. The summed E-state index contributed by atoms with van der Waals surface area (Å²) in [6.07, 6.45) is 3.79. The average molecular weight is 335 g/mol. The van der Waals surface area contributed by atoms with Crippen LogP contribution in [0.15, 0.2) is 53.3 Å². The van der Waals surface area contributed by atoms with Crippen LogP contribution in [-0.2, 0) is 6.42 Å². The van der Waals surface area contributed by atoms with Gasteiger partial charge in [0.05, 0.1) is 12.8 Å². The van der Waals surface area contributed by atoms with Gasteiger partial charge < -0.3 is 10.1 Å². The lowest BCUT2D eigenvalue weighted by atomic mass is 10.1. The molecule has 1 aromatic carbocycles. The highest BCUT2D eigenvalue weighted by molar-refractivity contribution is 9.10. The zero-order chi connectivity index (χ0) is 14.0. The molecule has 0 radical (unpaired) electrons. The van der Waals surface area contributed by atoms with E-state index in [0.29, 0.717) is 6.61 Å². The highest BCUT2D eigenvalue weighted by Gasteiger charge is 1.95. The van der Waals surface area contributed by atoms with Crippen molar-refractivity contribution in [2.24, 2.45) is 0 Å². The number of rotatable bonds is 8. The monoisotopic (exact) mass is 334 g/mol. The van der Waals surface area contributed by atoms with Crippen molar-refractivity contribution < 1.29 is 4.74 Å². The molecule has 0 unspecified atom stereocenters. The van der Waals surface area contributed by atoms with Crippen LogP contribution in [0.1, 0.15) is 12.0 Å². The van der Waals surface area contributed by atoms with Crippen LogP contribution in [0.5, 0.6) is 5.75 Å². The quantitative estimate of drug-likeness (QED) is 0.593. The van der Waals surface area contributed by atoms with E-state index in [4.69, 9.17) is 4.74 Å². The fourth-order valence-electron chi connectivity index (χ4n) is 1.84. The van der Waals surface area contributed by atoms with E-state index >= 15 is 0 Å². The Morgan fingerprint density at radius 1 is 1.05 bits per heavy atom. The van der Waals surface area contributed by atoms with E-state index in [1.54, 1.807) is 6.20 Å². The van der Waals surface area contributed by atoms with Gasteiger partial charge in [-0.15, -0.1) is 0 Å². The van der Waals surface area contributed by atoms with Crippen molar-refractivity contribution in [3.63, 3.8) is 0 Å². The zero-order valence-electron chi connectivity index (χ0n) is 11.4. The van der Waals surface area contributed by atoms with Crippen molar-refractivity contribution in [1.82, 2.24) is 10.3 Å². The zero-order valence-corrected chi connectivity index (χ0v) is 13.0. The van der Waals surface area contributed by atoms with E-state index in [-0.39, 0.29) is 0 Å². The number of pyridine rings is 1. The number of hydrogen-bond acceptors (Lipinski definition) is 3. The standard InChI is InChI=1S/C16H19BrN2O/c17-16-8-7-15(13-19-16)20-12-4-10-18-11-9-14-5-2-1-3-6-14/h1-3,5-8,13,18H,4,9-12H2. The highest BCUT2D eigenvalue weighted by atomic mass is 79.9. The number of benzene rings is 1. The van der Waals surface area contributed by atoms with E-state index in [2.05, 4.69) is 50.5 Å². The Labute approximate surface area is 128 Å². The predicted octanol–water partition coefficient (Wildman–Crippen LogP) is 3.45. The minimum Gasteiger partial charge on any atom is -0.492 e. The molecule has 106 valence electrons. The van der Waals surface area contributed by atoms with Gasteiger partial charge in [0.2, 0.25) is 0 Å². The molecule has 0 saturated heterocycles. The summed E-state index contributed by atoms with van der Waals surface area (Å²) in [5.74, 6) is 0.817. The van der Waals surface area contributed by atoms with E-state index in [0.717, 1.165) is 36.3 Å². The molecule has 0 bridgehead atoms. The van der Waals surface area contributed by atoms with Crippen molar-refractivity contribution in [3.05, 3.63) is 58.8 Å². The first-order valence-corrected chi connectivity index (χ1v) is 7.63. The molecule has 20 heavy (non-hydrogen) atoms.